The second-order valence-electron chi connectivity index (χ2n) is 7.13. The predicted octanol–water partition coefficient (Wildman–Crippen LogP) is 2.82. The average molecular weight is 358 g/mol. The monoisotopic (exact) mass is 358 g/mol. The molecule has 0 aliphatic heterocycles. The summed E-state index contributed by atoms with van der Waals surface area (Å²) in [5, 5.41) is 11.5. The summed E-state index contributed by atoms with van der Waals surface area (Å²) in [7, 11) is 0. The maximum atomic E-state index is 13.6. The van der Waals surface area contributed by atoms with Crippen molar-refractivity contribution in [2.24, 2.45) is 11.1 Å². The zero-order chi connectivity index (χ0) is 18.9. The van der Waals surface area contributed by atoms with Crippen LogP contribution in [0.15, 0.2) is 18.2 Å². The van der Waals surface area contributed by atoms with Crippen molar-refractivity contribution in [1.29, 1.82) is 0 Å². The van der Waals surface area contributed by atoms with Gasteiger partial charge in [0.2, 0.25) is 11.6 Å². The predicted molar refractivity (Wildman–Crippen MR) is 98.3 cm³/mol. The second-order valence-corrected chi connectivity index (χ2v) is 7.13. The van der Waals surface area contributed by atoms with Gasteiger partial charge in [-0.1, -0.05) is 20.3 Å². The third-order valence-electron chi connectivity index (χ3n) is 4.64. The van der Waals surface area contributed by atoms with Crippen molar-refractivity contribution in [1.82, 2.24) is 19.6 Å². The van der Waals surface area contributed by atoms with Crippen molar-refractivity contribution in [3.8, 4) is 0 Å². The molecule has 0 unspecified atom stereocenters. The molecule has 3 rings (SSSR count). The van der Waals surface area contributed by atoms with Gasteiger partial charge in [-0.05, 0) is 31.9 Å². The zero-order valence-corrected chi connectivity index (χ0v) is 15.2. The largest absolute Gasteiger partial charge is 0.369 e. The Bertz CT molecular complexity index is 965. The molecule has 1 aromatic carbocycles. The molecule has 26 heavy (non-hydrogen) atoms. The van der Waals surface area contributed by atoms with Gasteiger partial charge in [0.15, 0.2) is 5.82 Å². The van der Waals surface area contributed by atoms with Crippen LogP contribution >= 0.6 is 0 Å². The lowest BCUT2D eigenvalue weighted by atomic mass is 9.86. The van der Waals surface area contributed by atoms with Crippen molar-refractivity contribution in [3.63, 3.8) is 0 Å². The maximum Gasteiger partial charge on any atom is 0.223 e. The Balaban J connectivity index is 1.76. The van der Waals surface area contributed by atoms with Crippen LogP contribution < -0.4 is 11.1 Å². The van der Waals surface area contributed by atoms with E-state index in [0.29, 0.717) is 34.9 Å². The maximum absolute atomic E-state index is 13.6. The second kappa shape index (κ2) is 6.86. The number of benzene rings is 1. The number of hydrogen-bond acceptors (Lipinski definition) is 5. The van der Waals surface area contributed by atoms with Crippen molar-refractivity contribution in [2.75, 3.05) is 11.9 Å². The molecule has 7 nitrogen and oxygen atoms in total. The number of halogens is 1. The first kappa shape index (κ1) is 18.0. The van der Waals surface area contributed by atoms with Crippen LogP contribution in [0.3, 0.4) is 0 Å². The molecule has 0 saturated heterocycles. The number of primary amides is 1. The highest BCUT2D eigenvalue weighted by atomic mass is 19.1. The minimum Gasteiger partial charge on any atom is -0.369 e. The summed E-state index contributed by atoms with van der Waals surface area (Å²) in [6.45, 7) is 6.21. The molecule has 0 radical (unpaired) electrons. The summed E-state index contributed by atoms with van der Waals surface area (Å²) in [6, 6.07) is 4.46. The summed E-state index contributed by atoms with van der Waals surface area (Å²) >= 11 is 0. The lowest BCUT2D eigenvalue weighted by molar-refractivity contribution is -0.126. The van der Waals surface area contributed by atoms with Crippen LogP contribution in [0.4, 0.5) is 10.2 Å². The van der Waals surface area contributed by atoms with Crippen molar-refractivity contribution in [2.45, 2.75) is 40.0 Å². The van der Waals surface area contributed by atoms with Gasteiger partial charge in [0, 0.05) is 18.0 Å². The van der Waals surface area contributed by atoms with E-state index in [1.54, 1.807) is 10.5 Å². The van der Waals surface area contributed by atoms with E-state index >= 15 is 0 Å². The molecule has 0 saturated carbocycles. The number of aromatic nitrogens is 4. The minimum absolute atomic E-state index is 0.283. The van der Waals surface area contributed by atoms with Crippen LogP contribution in [0.25, 0.3) is 16.7 Å². The van der Waals surface area contributed by atoms with Crippen molar-refractivity contribution >= 4 is 28.4 Å². The molecule has 3 N–H and O–H groups in total. The van der Waals surface area contributed by atoms with Crippen LogP contribution in [0.2, 0.25) is 0 Å². The van der Waals surface area contributed by atoms with Crippen molar-refractivity contribution < 1.29 is 9.18 Å². The summed E-state index contributed by atoms with van der Waals surface area (Å²) in [6.07, 6.45) is 2.46. The highest BCUT2D eigenvalue weighted by Gasteiger charge is 2.23. The number of carbonyl (C=O) groups excluding carboxylic acids is 1. The number of nitrogens with two attached hydrogens (primary N) is 1. The zero-order valence-electron chi connectivity index (χ0n) is 15.2. The number of unbranched alkanes of at least 4 members (excludes halogenated alkanes) is 1. The van der Waals surface area contributed by atoms with E-state index in [4.69, 9.17) is 5.73 Å². The molecule has 0 fully saturated rings. The SMILES string of the molecule is Cc1nnc2c(NCCCCC(C)(C)C(N)=O)nc3ccc(F)cc3n12. The first-order chi connectivity index (χ1) is 12.3. The van der Waals surface area contributed by atoms with E-state index in [9.17, 15) is 9.18 Å². The van der Waals surface area contributed by atoms with E-state index in [1.165, 1.54) is 12.1 Å². The van der Waals surface area contributed by atoms with E-state index in [2.05, 4.69) is 20.5 Å². The summed E-state index contributed by atoms with van der Waals surface area (Å²) in [4.78, 5) is 15.9. The van der Waals surface area contributed by atoms with Gasteiger partial charge in [-0.15, -0.1) is 10.2 Å². The summed E-state index contributed by atoms with van der Waals surface area (Å²) in [5.41, 5.74) is 6.77. The normalized spacial score (nSPS) is 12.0. The molecule has 8 heteroatoms. The van der Waals surface area contributed by atoms with Crippen LogP contribution in [-0.4, -0.2) is 32.0 Å². The molecule has 138 valence electrons. The highest BCUT2D eigenvalue weighted by molar-refractivity contribution is 5.83. The van der Waals surface area contributed by atoms with Gasteiger partial charge in [-0.25, -0.2) is 9.37 Å². The fourth-order valence-corrected chi connectivity index (χ4v) is 2.89. The number of carbonyl (C=O) groups is 1. The first-order valence-corrected chi connectivity index (χ1v) is 8.64. The lowest BCUT2D eigenvalue weighted by Crippen LogP contribution is -2.31. The number of rotatable bonds is 7. The van der Waals surface area contributed by atoms with E-state index in [-0.39, 0.29) is 11.7 Å². The number of hydrogen-bond donors (Lipinski definition) is 2. The summed E-state index contributed by atoms with van der Waals surface area (Å²) in [5.74, 6) is 0.670. The van der Waals surface area contributed by atoms with Crippen molar-refractivity contribution in [3.05, 3.63) is 29.8 Å². The molecule has 0 spiro atoms. The van der Waals surface area contributed by atoms with E-state index in [0.717, 1.165) is 19.3 Å². The smallest absolute Gasteiger partial charge is 0.223 e. The molecule has 0 bridgehead atoms. The van der Waals surface area contributed by atoms with Gasteiger partial charge >= 0.3 is 0 Å². The number of nitrogens with zero attached hydrogens (tertiary/aromatic N) is 4. The van der Waals surface area contributed by atoms with Crippen LogP contribution in [0.5, 0.6) is 0 Å². The Labute approximate surface area is 150 Å². The molecular formula is C18H23FN6O. The molecule has 0 aliphatic carbocycles. The van der Waals surface area contributed by atoms with Gasteiger partial charge in [-0.3, -0.25) is 9.20 Å². The lowest BCUT2D eigenvalue weighted by Gasteiger charge is -2.19. The third-order valence-corrected chi connectivity index (χ3v) is 4.64. The topological polar surface area (TPSA) is 98.2 Å². The van der Waals surface area contributed by atoms with Crippen LogP contribution in [0, 0.1) is 18.2 Å². The molecule has 0 aliphatic rings. The fraction of sp³-hybridized carbons (Fsp3) is 0.444. The number of amides is 1. The van der Waals surface area contributed by atoms with E-state index < -0.39 is 5.41 Å². The van der Waals surface area contributed by atoms with Gasteiger partial charge in [0.1, 0.15) is 11.6 Å². The quantitative estimate of drug-likeness (QED) is 0.633. The number of anilines is 1. The standard InChI is InChI=1S/C18H23FN6O/c1-11-23-24-16-15(21-9-5-4-8-18(2,3)17(20)26)22-13-7-6-12(19)10-14(13)25(11)16/h6-7,10H,4-5,8-9H2,1-3H3,(H2,20,26)(H,21,22). The number of fused-ring (bicyclic) bond motifs is 3. The minimum atomic E-state index is -0.497. The van der Waals surface area contributed by atoms with Gasteiger partial charge in [0.25, 0.3) is 0 Å². The molecule has 3 aromatic rings. The van der Waals surface area contributed by atoms with Gasteiger partial charge in [-0.2, -0.15) is 0 Å². The summed E-state index contributed by atoms with van der Waals surface area (Å²) < 4.78 is 15.4. The third kappa shape index (κ3) is 3.44. The van der Waals surface area contributed by atoms with Gasteiger partial charge < -0.3 is 11.1 Å². The molecule has 0 atom stereocenters. The highest BCUT2D eigenvalue weighted by Crippen LogP contribution is 2.24. The average Bonchev–Trinajstić information content (AvgIpc) is 2.97. The molecule has 1 amide bonds. The Morgan fingerprint density at radius 1 is 1.31 bits per heavy atom. The number of nitrogens with one attached hydrogen (secondary N) is 1. The molecular weight excluding hydrogens is 335 g/mol. The number of aryl methyl sites for hydroxylation is 1. The van der Waals surface area contributed by atoms with Gasteiger partial charge in [0.05, 0.1) is 11.0 Å². The van der Waals surface area contributed by atoms with Crippen LogP contribution in [0.1, 0.15) is 38.9 Å². The van der Waals surface area contributed by atoms with Crippen LogP contribution in [-0.2, 0) is 4.79 Å². The fourth-order valence-electron chi connectivity index (χ4n) is 2.89. The Morgan fingerprint density at radius 2 is 2.08 bits per heavy atom. The first-order valence-electron chi connectivity index (χ1n) is 8.64. The Hall–Kier alpha value is -2.77. The Kier molecular flexibility index (Phi) is 4.76. The molecule has 2 aromatic heterocycles. The molecule has 2 heterocycles. The Morgan fingerprint density at radius 3 is 2.81 bits per heavy atom. The van der Waals surface area contributed by atoms with E-state index in [1.807, 2.05) is 20.8 Å².